The van der Waals surface area contributed by atoms with Crippen LogP contribution in [0.5, 0.6) is 5.75 Å². The fourth-order valence-corrected chi connectivity index (χ4v) is 2.67. The van der Waals surface area contributed by atoms with Gasteiger partial charge in [0.1, 0.15) is 5.75 Å². The highest BCUT2D eigenvalue weighted by atomic mass is 79.9. The third-order valence-electron chi connectivity index (χ3n) is 3.13. The highest BCUT2D eigenvalue weighted by molar-refractivity contribution is 9.10. The van der Waals surface area contributed by atoms with Crippen molar-refractivity contribution in [2.75, 3.05) is 13.7 Å². The summed E-state index contributed by atoms with van der Waals surface area (Å²) in [7, 11) is 1.67. The van der Waals surface area contributed by atoms with Crippen LogP contribution in [0.2, 0.25) is 0 Å². The maximum atomic E-state index is 5.24. The summed E-state index contributed by atoms with van der Waals surface area (Å²) >= 11 is 3.51. The largest absolute Gasteiger partial charge is 0.496 e. The molecule has 0 radical (unpaired) electrons. The van der Waals surface area contributed by atoms with Crippen LogP contribution in [0.15, 0.2) is 35.1 Å². The van der Waals surface area contributed by atoms with Crippen molar-refractivity contribution in [1.82, 2.24) is 15.1 Å². The van der Waals surface area contributed by atoms with Crippen LogP contribution in [-0.2, 0) is 13.1 Å². The van der Waals surface area contributed by atoms with Gasteiger partial charge < -0.3 is 10.1 Å². The van der Waals surface area contributed by atoms with Crippen LogP contribution in [0.25, 0.3) is 0 Å². The van der Waals surface area contributed by atoms with E-state index in [1.54, 1.807) is 7.11 Å². The average molecular weight is 352 g/mol. The van der Waals surface area contributed by atoms with E-state index >= 15 is 0 Å². The van der Waals surface area contributed by atoms with E-state index in [2.05, 4.69) is 58.5 Å². The summed E-state index contributed by atoms with van der Waals surface area (Å²) in [5.41, 5.74) is 2.40. The third kappa shape index (κ3) is 4.86. The number of nitrogens with one attached hydrogen (secondary N) is 1. The van der Waals surface area contributed by atoms with Crippen molar-refractivity contribution in [3.8, 4) is 5.75 Å². The normalized spacial score (nSPS) is 11.1. The lowest BCUT2D eigenvalue weighted by Gasteiger charge is -2.07. The number of hydrogen-bond acceptors (Lipinski definition) is 3. The number of methoxy groups -OCH3 is 1. The summed E-state index contributed by atoms with van der Waals surface area (Å²) in [4.78, 5) is 0. The van der Waals surface area contributed by atoms with Crippen molar-refractivity contribution in [1.29, 1.82) is 0 Å². The molecule has 1 heterocycles. The number of rotatable bonds is 7. The Hall–Kier alpha value is -1.33. The van der Waals surface area contributed by atoms with Crippen molar-refractivity contribution in [3.05, 3.63) is 46.2 Å². The monoisotopic (exact) mass is 351 g/mol. The topological polar surface area (TPSA) is 39.1 Å². The molecule has 0 saturated carbocycles. The van der Waals surface area contributed by atoms with Crippen LogP contribution >= 0.6 is 15.9 Å². The molecule has 1 N–H and O–H groups in total. The van der Waals surface area contributed by atoms with Crippen molar-refractivity contribution in [2.24, 2.45) is 5.92 Å². The molecule has 21 heavy (non-hydrogen) atoms. The highest BCUT2D eigenvalue weighted by Crippen LogP contribution is 2.25. The summed E-state index contributed by atoms with van der Waals surface area (Å²) in [6, 6.07) is 6.09. The molecule has 0 fully saturated rings. The lowest BCUT2D eigenvalue weighted by atomic mass is 10.2. The second kappa shape index (κ2) is 7.61. The van der Waals surface area contributed by atoms with Crippen molar-refractivity contribution in [2.45, 2.75) is 26.9 Å². The number of hydrogen-bond donors (Lipinski definition) is 1. The first-order valence-corrected chi connectivity index (χ1v) is 7.92. The summed E-state index contributed by atoms with van der Waals surface area (Å²) in [6.45, 7) is 7.06. The molecule has 1 aromatic heterocycles. The molecule has 2 aromatic rings. The summed E-state index contributed by atoms with van der Waals surface area (Å²) < 4.78 is 8.17. The Bertz CT molecular complexity index is 581. The standard InChI is InChI=1S/C16H22BrN3O/c1-12(2)7-18-8-14-9-19-20(11-14)10-13-4-5-16(21-3)15(17)6-13/h4-6,9,11-12,18H,7-8,10H2,1-3H3. The van der Waals surface area contributed by atoms with Gasteiger partial charge in [-0.25, -0.2) is 0 Å². The molecule has 0 aliphatic heterocycles. The van der Waals surface area contributed by atoms with Gasteiger partial charge in [-0.1, -0.05) is 19.9 Å². The van der Waals surface area contributed by atoms with Gasteiger partial charge >= 0.3 is 0 Å². The summed E-state index contributed by atoms with van der Waals surface area (Å²) in [5, 5.41) is 7.84. The fourth-order valence-electron chi connectivity index (χ4n) is 2.08. The first-order chi connectivity index (χ1) is 10.1. The lowest BCUT2D eigenvalue weighted by Crippen LogP contribution is -2.18. The van der Waals surface area contributed by atoms with E-state index < -0.39 is 0 Å². The zero-order valence-electron chi connectivity index (χ0n) is 12.8. The summed E-state index contributed by atoms with van der Waals surface area (Å²) in [5.74, 6) is 1.51. The minimum Gasteiger partial charge on any atom is -0.496 e. The molecule has 0 spiro atoms. The molecule has 2 rings (SSSR count). The zero-order chi connectivity index (χ0) is 15.2. The van der Waals surface area contributed by atoms with Crippen LogP contribution in [0.1, 0.15) is 25.0 Å². The summed E-state index contributed by atoms with van der Waals surface area (Å²) in [6.07, 6.45) is 4.01. The van der Waals surface area contributed by atoms with E-state index in [4.69, 9.17) is 4.74 Å². The van der Waals surface area contributed by atoms with Crippen LogP contribution in [0.3, 0.4) is 0 Å². The van der Waals surface area contributed by atoms with E-state index in [9.17, 15) is 0 Å². The van der Waals surface area contributed by atoms with Gasteiger partial charge in [0.25, 0.3) is 0 Å². The molecular weight excluding hydrogens is 330 g/mol. The van der Waals surface area contributed by atoms with Gasteiger partial charge in [0, 0.05) is 18.3 Å². The number of nitrogens with zero attached hydrogens (tertiary/aromatic N) is 2. The van der Waals surface area contributed by atoms with Gasteiger partial charge in [0.2, 0.25) is 0 Å². The van der Waals surface area contributed by atoms with Crippen LogP contribution in [0, 0.1) is 5.92 Å². The van der Waals surface area contributed by atoms with Gasteiger partial charge in [-0.05, 0) is 46.1 Å². The Labute approximate surface area is 134 Å². The molecule has 0 amide bonds. The number of ether oxygens (including phenoxy) is 1. The molecule has 0 bridgehead atoms. The molecule has 0 unspecified atom stereocenters. The quantitative estimate of drug-likeness (QED) is 0.830. The first-order valence-electron chi connectivity index (χ1n) is 7.13. The third-order valence-corrected chi connectivity index (χ3v) is 3.75. The smallest absolute Gasteiger partial charge is 0.133 e. The average Bonchev–Trinajstić information content (AvgIpc) is 2.86. The minimum atomic E-state index is 0.664. The minimum absolute atomic E-state index is 0.664. The van der Waals surface area contributed by atoms with E-state index in [1.807, 2.05) is 16.9 Å². The van der Waals surface area contributed by atoms with E-state index in [-0.39, 0.29) is 0 Å². The van der Waals surface area contributed by atoms with Crippen LogP contribution < -0.4 is 10.1 Å². The molecule has 5 heteroatoms. The molecule has 0 aliphatic carbocycles. The fraction of sp³-hybridized carbons (Fsp3) is 0.438. The predicted octanol–water partition coefficient (Wildman–Crippen LogP) is 3.45. The lowest BCUT2D eigenvalue weighted by molar-refractivity contribution is 0.412. The van der Waals surface area contributed by atoms with Gasteiger partial charge in [0.05, 0.1) is 24.3 Å². The second-order valence-electron chi connectivity index (χ2n) is 5.54. The van der Waals surface area contributed by atoms with Crippen molar-refractivity contribution >= 4 is 15.9 Å². The maximum absolute atomic E-state index is 5.24. The van der Waals surface area contributed by atoms with Crippen LogP contribution in [0.4, 0.5) is 0 Å². The van der Waals surface area contributed by atoms with E-state index in [0.29, 0.717) is 5.92 Å². The van der Waals surface area contributed by atoms with E-state index in [1.165, 1.54) is 11.1 Å². The van der Waals surface area contributed by atoms with Gasteiger partial charge in [0.15, 0.2) is 0 Å². The number of halogens is 1. The van der Waals surface area contributed by atoms with E-state index in [0.717, 1.165) is 29.9 Å². The zero-order valence-corrected chi connectivity index (χ0v) is 14.4. The SMILES string of the molecule is COc1ccc(Cn2cc(CNCC(C)C)cn2)cc1Br. The Kier molecular flexibility index (Phi) is 5.82. The van der Waals surface area contributed by atoms with Gasteiger partial charge in [-0.15, -0.1) is 0 Å². The Morgan fingerprint density at radius 1 is 1.33 bits per heavy atom. The molecule has 0 atom stereocenters. The Morgan fingerprint density at radius 3 is 2.81 bits per heavy atom. The maximum Gasteiger partial charge on any atom is 0.133 e. The first kappa shape index (κ1) is 16.0. The molecule has 1 aromatic carbocycles. The van der Waals surface area contributed by atoms with Gasteiger partial charge in [-0.3, -0.25) is 4.68 Å². The van der Waals surface area contributed by atoms with Crippen LogP contribution in [-0.4, -0.2) is 23.4 Å². The molecule has 0 aliphatic rings. The second-order valence-corrected chi connectivity index (χ2v) is 6.39. The predicted molar refractivity (Wildman–Crippen MR) is 88.6 cm³/mol. The Balaban J connectivity index is 1.94. The number of aromatic nitrogens is 2. The van der Waals surface area contributed by atoms with Gasteiger partial charge in [-0.2, -0.15) is 5.10 Å². The molecule has 0 saturated heterocycles. The van der Waals surface area contributed by atoms with Crippen molar-refractivity contribution < 1.29 is 4.74 Å². The van der Waals surface area contributed by atoms with Crippen molar-refractivity contribution in [3.63, 3.8) is 0 Å². The Morgan fingerprint density at radius 2 is 2.14 bits per heavy atom. The molecule has 4 nitrogen and oxygen atoms in total. The molecular formula is C16H22BrN3O. The number of benzene rings is 1. The highest BCUT2D eigenvalue weighted by Gasteiger charge is 2.04. The molecule has 114 valence electrons.